The van der Waals surface area contributed by atoms with E-state index < -0.39 is 5.82 Å². The fraction of sp³-hybridized carbons (Fsp3) is 0.353. The molecule has 1 aromatic carbocycles. The van der Waals surface area contributed by atoms with E-state index in [1.165, 1.54) is 12.1 Å². The highest BCUT2D eigenvalue weighted by atomic mass is 35.5. The van der Waals surface area contributed by atoms with Gasteiger partial charge in [-0.05, 0) is 31.5 Å². The number of rotatable bonds is 2. The molecule has 23 heavy (non-hydrogen) atoms. The van der Waals surface area contributed by atoms with E-state index in [4.69, 9.17) is 16.3 Å². The minimum absolute atomic E-state index is 0.000941. The van der Waals surface area contributed by atoms with Gasteiger partial charge in [0, 0.05) is 19.7 Å². The van der Waals surface area contributed by atoms with E-state index >= 15 is 0 Å². The quantitative estimate of drug-likeness (QED) is 0.824. The largest absolute Gasteiger partial charge is 0.473 e. The first-order valence-electron chi connectivity index (χ1n) is 7.35. The van der Waals surface area contributed by atoms with Crippen molar-refractivity contribution in [2.75, 3.05) is 13.6 Å². The molecule has 1 saturated heterocycles. The molecule has 0 aliphatic carbocycles. The third-order valence-electron chi connectivity index (χ3n) is 4.25. The summed E-state index contributed by atoms with van der Waals surface area (Å²) in [6, 6.07) is 4.61. The lowest BCUT2D eigenvalue weighted by Crippen LogP contribution is -2.36. The van der Waals surface area contributed by atoms with Crippen molar-refractivity contribution in [2.45, 2.75) is 26.0 Å². The zero-order valence-electron chi connectivity index (χ0n) is 13.4. The maximum absolute atomic E-state index is 13.5. The van der Waals surface area contributed by atoms with Crippen LogP contribution in [0.4, 0.5) is 4.39 Å². The van der Waals surface area contributed by atoms with Crippen LogP contribution in [0, 0.1) is 5.82 Å². The van der Waals surface area contributed by atoms with E-state index in [1.807, 2.05) is 13.1 Å². The first-order chi connectivity index (χ1) is 10.8. The van der Waals surface area contributed by atoms with Crippen molar-refractivity contribution in [2.24, 2.45) is 4.99 Å². The number of benzene rings is 1. The molecule has 0 bridgehead atoms. The summed E-state index contributed by atoms with van der Waals surface area (Å²) in [7, 11) is 2.04. The molecule has 0 unspecified atom stereocenters. The summed E-state index contributed by atoms with van der Waals surface area (Å²) in [5.74, 6) is 1.68. The molecule has 2 aliphatic heterocycles. The number of hydrogen-bond acceptors (Lipinski definition) is 4. The second-order valence-electron chi connectivity index (χ2n) is 6.36. The van der Waals surface area contributed by atoms with E-state index in [1.54, 1.807) is 6.07 Å². The Bertz CT molecular complexity index is 727. The Balaban J connectivity index is 1.75. The van der Waals surface area contributed by atoms with Crippen LogP contribution in [0.5, 0.6) is 0 Å². The van der Waals surface area contributed by atoms with Crippen molar-refractivity contribution in [3.8, 4) is 0 Å². The summed E-state index contributed by atoms with van der Waals surface area (Å²) in [6.45, 7) is 9.37. The Hall–Kier alpha value is -2.01. The molecule has 2 heterocycles. The molecule has 0 atom stereocenters. The van der Waals surface area contributed by atoms with Crippen molar-refractivity contribution >= 4 is 17.5 Å². The highest BCUT2D eigenvalue weighted by Gasteiger charge is 2.40. The van der Waals surface area contributed by atoms with E-state index in [0.29, 0.717) is 17.3 Å². The molecule has 0 N–H and O–H groups in total. The number of ether oxygens (including phenoxy) is 1. The molecule has 0 saturated carbocycles. The van der Waals surface area contributed by atoms with E-state index in [9.17, 15) is 4.39 Å². The van der Waals surface area contributed by atoms with Crippen LogP contribution >= 0.6 is 11.6 Å². The van der Waals surface area contributed by atoms with Gasteiger partial charge in [-0.15, -0.1) is 0 Å². The summed E-state index contributed by atoms with van der Waals surface area (Å²) < 4.78 is 19.2. The molecular formula is C17H19ClFN3O. The average Bonchev–Trinajstić information content (AvgIpc) is 2.72. The molecule has 0 aromatic heterocycles. The topological polar surface area (TPSA) is 28.1 Å². The Kier molecular flexibility index (Phi) is 3.84. The smallest absolute Gasteiger partial charge is 0.219 e. The SMILES string of the molecule is C=C1N=C(OCc2ccc(Cl)c(F)c2)C=C2N1CC(C)(C)N2C. The van der Waals surface area contributed by atoms with Crippen LogP contribution in [0.3, 0.4) is 0 Å². The van der Waals surface area contributed by atoms with Crippen LogP contribution in [0.15, 0.2) is 47.5 Å². The molecule has 2 aliphatic rings. The normalized spacial score (nSPS) is 19.4. The van der Waals surface area contributed by atoms with Gasteiger partial charge in [0.15, 0.2) is 0 Å². The van der Waals surface area contributed by atoms with Crippen LogP contribution in [0.1, 0.15) is 19.4 Å². The maximum Gasteiger partial charge on any atom is 0.219 e. The lowest BCUT2D eigenvalue weighted by atomic mass is 10.1. The zero-order chi connectivity index (χ0) is 16.8. The predicted molar refractivity (Wildman–Crippen MR) is 89.4 cm³/mol. The number of fused-ring (bicyclic) bond motifs is 1. The van der Waals surface area contributed by atoms with Crippen molar-refractivity contribution in [3.63, 3.8) is 0 Å². The second-order valence-corrected chi connectivity index (χ2v) is 6.77. The van der Waals surface area contributed by atoms with Crippen molar-refractivity contribution in [1.29, 1.82) is 0 Å². The third kappa shape index (κ3) is 2.93. The summed E-state index contributed by atoms with van der Waals surface area (Å²) >= 11 is 5.68. The highest BCUT2D eigenvalue weighted by Crippen LogP contribution is 2.35. The van der Waals surface area contributed by atoms with Gasteiger partial charge in [-0.3, -0.25) is 0 Å². The Morgan fingerprint density at radius 2 is 2.17 bits per heavy atom. The molecule has 0 radical (unpaired) electrons. The van der Waals surface area contributed by atoms with Gasteiger partial charge in [0.25, 0.3) is 0 Å². The van der Waals surface area contributed by atoms with Gasteiger partial charge in [-0.1, -0.05) is 24.2 Å². The Morgan fingerprint density at radius 3 is 2.87 bits per heavy atom. The Morgan fingerprint density at radius 1 is 1.43 bits per heavy atom. The highest BCUT2D eigenvalue weighted by molar-refractivity contribution is 6.30. The first-order valence-corrected chi connectivity index (χ1v) is 7.73. The van der Waals surface area contributed by atoms with Crippen LogP contribution in [-0.2, 0) is 11.3 Å². The summed E-state index contributed by atoms with van der Waals surface area (Å²) in [5, 5.41) is 0.102. The number of hydrogen-bond donors (Lipinski definition) is 0. The minimum atomic E-state index is -0.454. The fourth-order valence-electron chi connectivity index (χ4n) is 2.65. The minimum Gasteiger partial charge on any atom is -0.473 e. The van der Waals surface area contributed by atoms with E-state index in [2.05, 4.69) is 35.2 Å². The molecule has 0 amide bonds. The van der Waals surface area contributed by atoms with Crippen LogP contribution in [-0.4, -0.2) is 34.8 Å². The van der Waals surface area contributed by atoms with Gasteiger partial charge >= 0.3 is 0 Å². The summed E-state index contributed by atoms with van der Waals surface area (Å²) in [5.41, 5.74) is 0.695. The predicted octanol–water partition coefficient (Wildman–Crippen LogP) is 3.75. The molecule has 6 heteroatoms. The van der Waals surface area contributed by atoms with Gasteiger partial charge < -0.3 is 14.5 Å². The summed E-state index contributed by atoms with van der Waals surface area (Å²) in [6.07, 6.45) is 1.88. The molecule has 3 rings (SSSR count). The fourth-order valence-corrected chi connectivity index (χ4v) is 2.77. The number of aliphatic imine (C=N–C) groups is 1. The van der Waals surface area contributed by atoms with E-state index in [-0.39, 0.29) is 17.2 Å². The van der Waals surface area contributed by atoms with Gasteiger partial charge in [0.2, 0.25) is 5.90 Å². The van der Waals surface area contributed by atoms with Crippen LogP contribution < -0.4 is 0 Å². The second kappa shape index (κ2) is 5.57. The molecular weight excluding hydrogens is 317 g/mol. The Labute approximate surface area is 140 Å². The number of nitrogens with zero attached hydrogens (tertiary/aromatic N) is 3. The van der Waals surface area contributed by atoms with Crippen molar-refractivity contribution < 1.29 is 9.13 Å². The van der Waals surface area contributed by atoms with Gasteiger partial charge in [-0.2, -0.15) is 4.99 Å². The molecule has 0 spiro atoms. The van der Waals surface area contributed by atoms with Crippen molar-refractivity contribution in [1.82, 2.24) is 9.80 Å². The van der Waals surface area contributed by atoms with Crippen LogP contribution in [0.25, 0.3) is 0 Å². The van der Waals surface area contributed by atoms with Crippen LogP contribution in [0.2, 0.25) is 5.02 Å². The van der Waals surface area contributed by atoms with Gasteiger partial charge in [-0.25, -0.2) is 4.39 Å². The van der Waals surface area contributed by atoms with Gasteiger partial charge in [0.1, 0.15) is 24.1 Å². The van der Waals surface area contributed by atoms with E-state index in [0.717, 1.165) is 12.4 Å². The molecule has 1 fully saturated rings. The number of halogens is 2. The van der Waals surface area contributed by atoms with Gasteiger partial charge in [0.05, 0.1) is 10.6 Å². The summed E-state index contributed by atoms with van der Waals surface area (Å²) in [4.78, 5) is 8.63. The molecule has 122 valence electrons. The monoisotopic (exact) mass is 335 g/mol. The third-order valence-corrected chi connectivity index (χ3v) is 4.55. The standard InChI is InChI=1S/C17H19ClFN3O/c1-11-20-15(8-16-21(4)17(2,3)10-22(11)16)23-9-12-5-6-13(18)14(19)7-12/h5-8H,1,9-10H2,2-4H3. The molecule has 4 nitrogen and oxygen atoms in total. The number of likely N-dealkylation sites (N-methyl/N-ethyl adjacent to an activating group) is 1. The zero-order valence-corrected chi connectivity index (χ0v) is 14.2. The lowest BCUT2D eigenvalue weighted by Gasteiger charge is -2.28. The molecule has 1 aromatic rings. The first kappa shape index (κ1) is 15.9. The maximum atomic E-state index is 13.5. The average molecular weight is 336 g/mol. The van der Waals surface area contributed by atoms with Crippen molar-refractivity contribution in [3.05, 3.63) is 58.9 Å². The lowest BCUT2D eigenvalue weighted by molar-refractivity contribution is 0.261.